The van der Waals surface area contributed by atoms with Crippen LogP contribution in [0.2, 0.25) is 0 Å². The second-order valence-corrected chi connectivity index (χ2v) is 5.71. The van der Waals surface area contributed by atoms with Crippen LogP contribution < -0.4 is 0 Å². The molecule has 0 unspecified atom stereocenters. The molecule has 0 fully saturated rings. The van der Waals surface area contributed by atoms with Crippen LogP contribution in [0.1, 0.15) is 21.5 Å². The van der Waals surface area contributed by atoms with Crippen molar-refractivity contribution in [1.29, 1.82) is 0 Å². The molecule has 1 aliphatic rings. The van der Waals surface area contributed by atoms with E-state index in [0.29, 0.717) is 11.1 Å². The molecule has 2 aromatic rings. The average molecular weight is 324 g/mol. The molecule has 0 N–H and O–H groups in total. The summed E-state index contributed by atoms with van der Waals surface area (Å²) in [6, 6.07) is 11.4. The van der Waals surface area contributed by atoms with Crippen LogP contribution in [0.3, 0.4) is 0 Å². The Morgan fingerprint density at radius 3 is 2.05 bits per heavy atom. The molecule has 0 saturated carbocycles. The number of fused-ring (bicyclic) bond motifs is 1. The summed E-state index contributed by atoms with van der Waals surface area (Å²) < 4.78 is 51.4. The second kappa shape index (κ2) is 5.28. The first-order chi connectivity index (χ1) is 10.4. The minimum atomic E-state index is -4.57. The van der Waals surface area contributed by atoms with Crippen molar-refractivity contribution in [3.63, 3.8) is 0 Å². The minimum absolute atomic E-state index is 0.197. The Bertz CT molecular complexity index is 775. The Kier molecular flexibility index (Phi) is 3.56. The van der Waals surface area contributed by atoms with E-state index in [-0.39, 0.29) is 16.0 Å². The van der Waals surface area contributed by atoms with Crippen molar-refractivity contribution in [3.8, 4) is 0 Å². The highest BCUT2D eigenvalue weighted by atomic mass is 32.2. The topological polar surface area (TPSA) is 17.1 Å². The number of hydrogen-bond donors (Lipinski definition) is 0. The Morgan fingerprint density at radius 2 is 1.45 bits per heavy atom. The van der Waals surface area contributed by atoms with Crippen LogP contribution in [-0.2, 0) is 0 Å². The number of thioether (sulfide) groups is 1. The predicted octanol–water partition coefficient (Wildman–Crippen LogP) is 5.03. The van der Waals surface area contributed by atoms with E-state index in [9.17, 15) is 22.4 Å². The molecule has 0 spiro atoms. The van der Waals surface area contributed by atoms with Crippen LogP contribution in [0, 0.1) is 5.82 Å². The van der Waals surface area contributed by atoms with E-state index in [4.69, 9.17) is 0 Å². The summed E-state index contributed by atoms with van der Waals surface area (Å²) in [5, 5.41) is 0. The highest BCUT2D eigenvalue weighted by molar-refractivity contribution is 8.05. The van der Waals surface area contributed by atoms with E-state index in [0.717, 1.165) is 12.1 Å². The molecule has 0 heterocycles. The van der Waals surface area contributed by atoms with Gasteiger partial charge in [-0.1, -0.05) is 36.4 Å². The lowest BCUT2D eigenvalue weighted by Crippen LogP contribution is -2.05. The van der Waals surface area contributed by atoms with Gasteiger partial charge >= 0.3 is 5.51 Å². The molecule has 2 aromatic carbocycles. The predicted molar refractivity (Wildman–Crippen MR) is 76.8 cm³/mol. The van der Waals surface area contributed by atoms with E-state index in [2.05, 4.69) is 0 Å². The molecule has 0 saturated heterocycles. The number of rotatable bonds is 2. The smallest absolute Gasteiger partial charge is 0.288 e. The van der Waals surface area contributed by atoms with Crippen molar-refractivity contribution in [2.24, 2.45) is 0 Å². The number of halogens is 4. The summed E-state index contributed by atoms with van der Waals surface area (Å²) in [4.78, 5) is 11.9. The van der Waals surface area contributed by atoms with Crippen LogP contribution in [0.5, 0.6) is 0 Å². The zero-order valence-corrected chi connectivity index (χ0v) is 11.8. The Balaban J connectivity index is 2.21. The number of alkyl halides is 3. The van der Waals surface area contributed by atoms with Gasteiger partial charge in [0.15, 0.2) is 0 Å². The van der Waals surface area contributed by atoms with E-state index < -0.39 is 28.9 Å². The summed E-state index contributed by atoms with van der Waals surface area (Å²) in [5.74, 6) is -1.15. The highest BCUT2D eigenvalue weighted by Gasteiger charge is 2.39. The molecule has 0 amide bonds. The molecule has 3 rings (SSSR count). The van der Waals surface area contributed by atoms with Gasteiger partial charge in [-0.05, 0) is 35.0 Å². The standard InChI is InChI=1S/C16H8F4OS/c17-10-7-5-9(6-8-10)13-11-3-1-2-4-12(11)14(21)15(13)22-16(18,19)20/h1-8H. The number of carbonyl (C=O) groups excluding carboxylic acids is 1. The summed E-state index contributed by atoms with van der Waals surface area (Å²) in [6.45, 7) is 0. The molecule has 1 aliphatic carbocycles. The van der Waals surface area contributed by atoms with Crippen LogP contribution in [0.15, 0.2) is 53.4 Å². The van der Waals surface area contributed by atoms with Gasteiger partial charge < -0.3 is 0 Å². The van der Waals surface area contributed by atoms with Gasteiger partial charge in [0.1, 0.15) is 5.82 Å². The SMILES string of the molecule is O=C1C(SC(F)(F)F)=C(c2ccc(F)cc2)c2ccccc21. The van der Waals surface area contributed by atoms with Gasteiger partial charge in [0.05, 0.1) is 4.91 Å². The van der Waals surface area contributed by atoms with Crippen LogP contribution in [0.25, 0.3) is 5.57 Å². The number of ketones is 1. The van der Waals surface area contributed by atoms with Crippen molar-refractivity contribution in [1.82, 2.24) is 0 Å². The van der Waals surface area contributed by atoms with E-state index in [1.165, 1.54) is 18.2 Å². The van der Waals surface area contributed by atoms with E-state index >= 15 is 0 Å². The summed E-state index contributed by atoms with van der Waals surface area (Å²) >= 11 is -0.427. The first kappa shape index (κ1) is 14.8. The molecule has 6 heteroatoms. The molecule has 0 atom stereocenters. The van der Waals surface area contributed by atoms with Gasteiger partial charge in [-0.3, -0.25) is 4.79 Å². The average Bonchev–Trinajstić information content (AvgIpc) is 2.72. The fraction of sp³-hybridized carbons (Fsp3) is 0.0625. The Morgan fingerprint density at radius 1 is 0.864 bits per heavy atom. The first-order valence-corrected chi connectivity index (χ1v) is 7.08. The maximum absolute atomic E-state index is 13.0. The molecule has 0 aliphatic heterocycles. The lowest BCUT2D eigenvalue weighted by molar-refractivity contribution is -0.0322. The van der Waals surface area contributed by atoms with Gasteiger partial charge in [-0.2, -0.15) is 13.2 Å². The van der Waals surface area contributed by atoms with E-state index in [1.54, 1.807) is 18.2 Å². The zero-order chi connectivity index (χ0) is 15.9. The van der Waals surface area contributed by atoms with Crippen molar-refractivity contribution < 1.29 is 22.4 Å². The maximum Gasteiger partial charge on any atom is 0.446 e. The molecule has 0 aromatic heterocycles. The Hall–Kier alpha value is -2.08. The molecule has 1 nitrogen and oxygen atoms in total. The van der Waals surface area contributed by atoms with Crippen molar-refractivity contribution in [2.45, 2.75) is 5.51 Å². The molecule has 112 valence electrons. The summed E-state index contributed by atoms with van der Waals surface area (Å²) in [6.07, 6.45) is 0. The lowest BCUT2D eigenvalue weighted by Gasteiger charge is -2.09. The fourth-order valence-corrected chi connectivity index (χ4v) is 3.14. The Labute approximate surface area is 127 Å². The molecule has 0 radical (unpaired) electrons. The third-order valence-electron chi connectivity index (χ3n) is 3.23. The number of Topliss-reactive ketones (excluding diaryl/α,β-unsaturated/α-hetero) is 1. The van der Waals surface area contributed by atoms with Gasteiger partial charge in [-0.15, -0.1) is 0 Å². The van der Waals surface area contributed by atoms with E-state index in [1.807, 2.05) is 0 Å². The van der Waals surface area contributed by atoms with Crippen molar-refractivity contribution >= 4 is 23.1 Å². The molecular weight excluding hydrogens is 316 g/mol. The third kappa shape index (κ3) is 2.66. The highest BCUT2D eigenvalue weighted by Crippen LogP contribution is 2.47. The summed E-state index contributed by atoms with van der Waals surface area (Å²) in [5.41, 5.74) is -3.33. The minimum Gasteiger partial charge on any atom is -0.288 e. The van der Waals surface area contributed by atoms with Crippen molar-refractivity contribution in [2.75, 3.05) is 0 Å². The van der Waals surface area contributed by atoms with Crippen LogP contribution in [0.4, 0.5) is 17.6 Å². The third-order valence-corrected chi connectivity index (χ3v) is 4.05. The number of hydrogen-bond acceptors (Lipinski definition) is 2. The normalized spacial score (nSPS) is 14.5. The van der Waals surface area contributed by atoms with Gasteiger partial charge in [0, 0.05) is 11.1 Å². The molecule has 22 heavy (non-hydrogen) atoms. The summed E-state index contributed by atoms with van der Waals surface area (Å²) in [7, 11) is 0. The van der Waals surface area contributed by atoms with Crippen LogP contribution in [-0.4, -0.2) is 11.3 Å². The quantitative estimate of drug-likeness (QED) is 0.720. The fourth-order valence-electron chi connectivity index (χ4n) is 2.37. The van der Waals surface area contributed by atoms with Crippen LogP contribution >= 0.6 is 11.8 Å². The number of carbonyl (C=O) groups is 1. The van der Waals surface area contributed by atoms with Gasteiger partial charge in [0.25, 0.3) is 0 Å². The van der Waals surface area contributed by atoms with Crippen molar-refractivity contribution in [3.05, 3.63) is 75.9 Å². The van der Waals surface area contributed by atoms with Gasteiger partial charge in [0.2, 0.25) is 5.78 Å². The molecular formula is C16H8F4OS. The largest absolute Gasteiger partial charge is 0.446 e. The maximum atomic E-state index is 13.0. The molecule has 0 bridgehead atoms. The lowest BCUT2D eigenvalue weighted by atomic mass is 9.99. The number of benzene rings is 2. The first-order valence-electron chi connectivity index (χ1n) is 6.27. The zero-order valence-electron chi connectivity index (χ0n) is 10.9. The number of allylic oxidation sites excluding steroid dienone is 1. The monoisotopic (exact) mass is 324 g/mol. The second-order valence-electron chi connectivity index (χ2n) is 4.63. The van der Waals surface area contributed by atoms with Gasteiger partial charge in [-0.25, -0.2) is 4.39 Å².